The van der Waals surface area contributed by atoms with Gasteiger partial charge in [0.15, 0.2) is 5.82 Å². The molecule has 1 aliphatic heterocycles. The lowest BCUT2D eigenvalue weighted by Crippen LogP contribution is -2.50. The smallest absolute Gasteiger partial charge is 0.319 e. The van der Waals surface area contributed by atoms with Crippen LogP contribution in [0.2, 0.25) is 5.02 Å². The Bertz CT molecular complexity index is 1100. The number of hydrogen-bond acceptors (Lipinski definition) is 5. The minimum absolute atomic E-state index is 0.282. The van der Waals surface area contributed by atoms with Crippen LogP contribution in [0.25, 0.3) is 11.4 Å². The Kier molecular flexibility index (Phi) is 4.13. The average molecular weight is 415 g/mol. The molecule has 1 spiro atoms. The molecule has 1 fully saturated rings. The maximum atomic E-state index is 13.9. The topological polar surface area (TPSA) is 105 Å². The van der Waals surface area contributed by atoms with E-state index in [2.05, 4.69) is 31.3 Å². The van der Waals surface area contributed by atoms with Gasteiger partial charge in [0, 0.05) is 5.56 Å². The van der Waals surface area contributed by atoms with Crippen LogP contribution in [-0.4, -0.2) is 26.7 Å². The molecule has 5 rings (SSSR count). The summed E-state index contributed by atoms with van der Waals surface area (Å²) in [5, 5.41) is 19.9. The number of urea groups is 1. The van der Waals surface area contributed by atoms with Crippen molar-refractivity contribution in [2.24, 2.45) is 0 Å². The van der Waals surface area contributed by atoms with Crippen LogP contribution in [0.1, 0.15) is 31.2 Å². The normalized spacial score (nSPS) is 17.0. The van der Waals surface area contributed by atoms with Gasteiger partial charge in [-0.05, 0) is 53.6 Å². The Morgan fingerprint density at radius 3 is 2.69 bits per heavy atom. The largest absolute Gasteiger partial charge is 0.456 e. The highest BCUT2D eigenvalue weighted by molar-refractivity contribution is 6.34. The summed E-state index contributed by atoms with van der Waals surface area (Å²) in [6.45, 7) is 0. The predicted molar refractivity (Wildman–Crippen MR) is 103 cm³/mol. The Morgan fingerprint density at radius 2 is 1.93 bits per heavy atom. The summed E-state index contributed by atoms with van der Waals surface area (Å²) in [6.07, 6.45) is 3.53. The van der Waals surface area contributed by atoms with Gasteiger partial charge in [0.25, 0.3) is 0 Å². The molecule has 0 radical (unpaired) electrons. The molecule has 2 heterocycles. The molecule has 0 saturated heterocycles. The summed E-state index contributed by atoms with van der Waals surface area (Å²) in [7, 11) is 0. The van der Waals surface area contributed by atoms with Crippen LogP contribution in [0.4, 0.5) is 14.9 Å². The fraction of sp³-hybridized carbons (Fsp3) is 0.263. The first-order valence-corrected chi connectivity index (χ1v) is 9.57. The van der Waals surface area contributed by atoms with Gasteiger partial charge >= 0.3 is 6.03 Å². The van der Waals surface area contributed by atoms with Crippen molar-refractivity contribution >= 4 is 23.3 Å². The summed E-state index contributed by atoms with van der Waals surface area (Å²) in [6, 6.07) is 7.26. The number of carbonyl (C=O) groups is 1. The molecule has 1 aliphatic carbocycles. The minimum Gasteiger partial charge on any atom is -0.456 e. The number of anilines is 1. The van der Waals surface area contributed by atoms with Crippen molar-refractivity contribution < 1.29 is 13.9 Å². The number of amides is 2. The number of halogens is 2. The number of H-pyrrole nitrogens is 1. The summed E-state index contributed by atoms with van der Waals surface area (Å²) in [4.78, 5) is 12.3. The van der Waals surface area contributed by atoms with Gasteiger partial charge in [-0.15, -0.1) is 5.10 Å². The molecule has 1 aromatic heterocycles. The second-order valence-corrected chi connectivity index (χ2v) is 7.56. The molecule has 10 heteroatoms. The molecule has 2 aliphatic rings. The molecule has 1 saturated carbocycles. The van der Waals surface area contributed by atoms with Gasteiger partial charge in [-0.25, -0.2) is 14.3 Å². The van der Waals surface area contributed by atoms with Crippen molar-refractivity contribution in [3.05, 3.63) is 46.7 Å². The van der Waals surface area contributed by atoms with Crippen LogP contribution in [0, 0.1) is 5.82 Å². The fourth-order valence-electron chi connectivity index (χ4n) is 4.19. The SMILES string of the molecule is O=C1Nc2c(Cl)ccc(Oc3ccc(F)cc3-c3nnn[nH]3)c2C2(CCCC2)N1. The first kappa shape index (κ1) is 17.9. The highest BCUT2D eigenvalue weighted by Gasteiger charge is 2.45. The van der Waals surface area contributed by atoms with Crippen LogP contribution in [0.3, 0.4) is 0 Å². The number of benzene rings is 2. The van der Waals surface area contributed by atoms with Crippen molar-refractivity contribution in [3.63, 3.8) is 0 Å². The maximum Gasteiger partial charge on any atom is 0.319 e. The van der Waals surface area contributed by atoms with E-state index in [0.717, 1.165) is 31.2 Å². The Balaban J connectivity index is 1.65. The van der Waals surface area contributed by atoms with Crippen molar-refractivity contribution in [1.29, 1.82) is 0 Å². The van der Waals surface area contributed by atoms with Crippen LogP contribution in [0.5, 0.6) is 11.5 Å². The lowest BCUT2D eigenvalue weighted by Gasteiger charge is -2.38. The molecule has 3 N–H and O–H groups in total. The second-order valence-electron chi connectivity index (χ2n) is 7.16. The predicted octanol–water partition coefficient (Wildman–Crippen LogP) is 4.36. The number of ether oxygens (including phenoxy) is 1. The molecule has 0 atom stereocenters. The quantitative estimate of drug-likeness (QED) is 0.590. The van der Waals surface area contributed by atoms with Crippen LogP contribution >= 0.6 is 11.6 Å². The van der Waals surface area contributed by atoms with E-state index in [1.165, 1.54) is 18.2 Å². The summed E-state index contributed by atoms with van der Waals surface area (Å²) >= 11 is 6.40. The van der Waals surface area contributed by atoms with Gasteiger partial charge in [0.2, 0.25) is 0 Å². The van der Waals surface area contributed by atoms with Crippen molar-refractivity contribution in [2.75, 3.05) is 5.32 Å². The number of aromatic nitrogens is 4. The summed E-state index contributed by atoms with van der Waals surface area (Å²) in [5.74, 6) is 0.742. The third kappa shape index (κ3) is 2.98. The van der Waals surface area contributed by atoms with Crippen molar-refractivity contribution in [2.45, 2.75) is 31.2 Å². The number of carbonyl (C=O) groups excluding carboxylic acids is 1. The van der Waals surface area contributed by atoms with E-state index in [0.29, 0.717) is 27.8 Å². The zero-order valence-corrected chi connectivity index (χ0v) is 15.9. The molecule has 0 bridgehead atoms. The van der Waals surface area contributed by atoms with E-state index in [1.54, 1.807) is 12.1 Å². The number of rotatable bonds is 3. The van der Waals surface area contributed by atoms with Crippen LogP contribution in [0.15, 0.2) is 30.3 Å². The number of aromatic amines is 1. The zero-order chi connectivity index (χ0) is 20.0. The van der Waals surface area contributed by atoms with Gasteiger partial charge in [-0.3, -0.25) is 0 Å². The number of fused-ring (bicyclic) bond motifs is 2. The van der Waals surface area contributed by atoms with E-state index in [1.807, 2.05) is 0 Å². The van der Waals surface area contributed by atoms with Gasteiger partial charge in [0.05, 0.1) is 21.8 Å². The average Bonchev–Trinajstić information content (AvgIpc) is 3.38. The molecule has 2 amide bonds. The molecule has 29 heavy (non-hydrogen) atoms. The van der Waals surface area contributed by atoms with Crippen LogP contribution < -0.4 is 15.4 Å². The van der Waals surface area contributed by atoms with Gasteiger partial charge in [-0.2, -0.15) is 0 Å². The van der Waals surface area contributed by atoms with E-state index < -0.39 is 11.4 Å². The van der Waals surface area contributed by atoms with Gasteiger partial charge in [0.1, 0.15) is 17.3 Å². The van der Waals surface area contributed by atoms with E-state index in [-0.39, 0.29) is 11.9 Å². The molecule has 0 unspecified atom stereocenters. The van der Waals surface area contributed by atoms with Crippen molar-refractivity contribution in [1.82, 2.24) is 25.9 Å². The Morgan fingerprint density at radius 1 is 1.14 bits per heavy atom. The Hall–Kier alpha value is -3.20. The van der Waals surface area contributed by atoms with Crippen LogP contribution in [-0.2, 0) is 5.54 Å². The second kappa shape index (κ2) is 6.70. The van der Waals surface area contributed by atoms with E-state index in [9.17, 15) is 9.18 Å². The van der Waals surface area contributed by atoms with Gasteiger partial charge in [-0.1, -0.05) is 24.4 Å². The maximum absolute atomic E-state index is 13.9. The molecule has 8 nitrogen and oxygen atoms in total. The number of nitrogens with one attached hydrogen (secondary N) is 3. The molecule has 148 valence electrons. The third-order valence-electron chi connectivity index (χ3n) is 5.41. The minimum atomic E-state index is -0.550. The van der Waals surface area contributed by atoms with E-state index in [4.69, 9.17) is 16.3 Å². The van der Waals surface area contributed by atoms with E-state index >= 15 is 0 Å². The molecular formula is C19H16ClFN6O2. The number of tetrazole rings is 1. The number of nitrogens with zero attached hydrogens (tertiary/aromatic N) is 3. The first-order chi connectivity index (χ1) is 14.1. The monoisotopic (exact) mass is 414 g/mol. The highest BCUT2D eigenvalue weighted by atomic mass is 35.5. The zero-order valence-electron chi connectivity index (χ0n) is 15.1. The Labute approximate surface area is 169 Å². The molecule has 2 aromatic carbocycles. The summed E-state index contributed by atoms with van der Waals surface area (Å²) < 4.78 is 20.1. The lowest BCUT2D eigenvalue weighted by atomic mass is 9.84. The number of hydrogen-bond donors (Lipinski definition) is 3. The lowest BCUT2D eigenvalue weighted by molar-refractivity contribution is 0.232. The van der Waals surface area contributed by atoms with Gasteiger partial charge < -0.3 is 15.4 Å². The standard InChI is InChI=1S/C19H16ClFN6O2/c20-12-4-6-14(15-16(12)22-18(28)23-19(15)7-1-2-8-19)29-13-5-3-10(21)9-11(13)17-24-26-27-25-17/h3-6,9H,1-2,7-8H2,(H2,22,23,28)(H,24,25,26,27). The first-order valence-electron chi connectivity index (χ1n) is 9.19. The third-order valence-corrected chi connectivity index (χ3v) is 5.72. The highest BCUT2D eigenvalue weighted by Crippen LogP contribution is 2.51. The molecular weight excluding hydrogens is 399 g/mol. The van der Waals surface area contributed by atoms with Crippen molar-refractivity contribution in [3.8, 4) is 22.9 Å². The summed E-state index contributed by atoms with van der Waals surface area (Å²) in [5.41, 5.74) is 1.17. The molecule has 3 aromatic rings. The fourth-order valence-corrected chi connectivity index (χ4v) is 4.39.